The molecule has 1 N–H and O–H groups in total. The SMILES string of the molecule is COc1ccc(-c2csc(-c3ccc(CNc4nc5ccccc5nc4Cl)cc3)n2)cc1OC. The predicted octanol–water partition coefficient (Wildman–Crippen LogP) is 6.70. The van der Waals surface area contributed by atoms with Gasteiger partial charge in [-0.3, -0.25) is 0 Å². The van der Waals surface area contributed by atoms with Gasteiger partial charge in [-0.25, -0.2) is 15.0 Å². The number of anilines is 1. The summed E-state index contributed by atoms with van der Waals surface area (Å²) >= 11 is 7.91. The van der Waals surface area contributed by atoms with E-state index in [9.17, 15) is 0 Å². The molecule has 34 heavy (non-hydrogen) atoms. The summed E-state index contributed by atoms with van der Waals surface area (Å²) in [6.45, 7) is 0.585. The van der Waals surface area contributed by atoms with Crippen LogP contribution in [0.2, 0.25) is 5.15 Å². The monoisotopic (exact) mass is 488 g/mol. The number of aromatic nitrogens is 3. The number of methoxy groups -OCH3 is 2. The van der Waals surface area contributed by atoms with E-state index in [-0.39, 0.29) is 0 Å². The number of nitrogens with one attached hydrogen (secondary N) is 1. The van der Waals surface area contributed by atoms with E-state index in [2.05, 4.69) is 39.6 Å². The third-order valence-electron chi connectivity index (χ3n) is 5.37. The summed E-state index contributed by atoms with van der Waals surface area (Å²) in [4.78, 5) is 13.8. The van der Waals surface area contributed by atoms with Crippen molar-refractivity contribution >= 4 is 39.8 Å². The molecule has 5 aromatic rings. The van der Waals surface area contributed by atoms with Gasteiger partial charge in [-0.2, -0.15) is 0 Å². The minimum Gasteiger partial charge on any atom is -0.493 e. The van der Waals surface area contributed by atoms with Crippen molar-refractivity contribution in [1.29, 1.82) is 0 Å². The summed E-state index contributed by atoms with van der Waals surface area (Å²) in [6.07, 6.45) is 0. The highest BCUT2D eigenvalue weighted by molar-refractivity contribution is 7.13. The van der Waals surface area contributed by atoms with Crippen LogP contribution in [0.1, 0.15) is 5.56 Å². The van der Waals surface area contributed by atoms with Crippen LogP contribution in [0.25, 0.3) is 32.9 Å². The molecule has 0 aliphatic rings. The van der Waals surface area contributed by atoms with Crippen molar-refractivity contribution in [3.8, 4) is 33.3 Å². The van der Waals surface area contributed by atoms with Gasteiger partial charge in [0, 0.05) is 23.1 Å². The fourth-order valence-electron chi connectivity index (χ4n) is 3.58. The number of hydrogen-bond donors (Lipinski definition) is 1. The van der Waals surface area contributed by atoms with Crippen molar-refractivity contribution in [3.63, 3.8) is 0 Å². The topological polar surface area (TPSA) is 69.2 Å². The molecule has 8 heteroatoms. The van der Waals surface area contributed by atoms with E-state index in [1.54, 1.807) is 25.6 Å². The van der Waals surface area contributed by atoms with Gasteiger partial charge in [0.2, 0.25) is 0 Å². The Labute approximate surface area is 206 Å². The van der Waals surface area contributed by atoms with Gasteiger partial charge < -0.3 is 14.8 Å². The van der Waals surface area contributed by atoms with Crippen LogP contribution in [0.3, 0.4) is 0 Å². The highest BCUT2D eigenvalue weighted by atomic mass is 35.5. The van der Waals surface area contributed by atoms with Gasteiger partial charge in [0.05, 0.1) is 30.9 Å². The first kappa shape index (κ1) is 22.1. The van der Waals surface area contributed by atoms with Crippen LogP contribution in [0.5, 0.6) is 11.5 Å². The number of rotatable bonds is 7. The van der Waals surface area contributed by atoms with E-state index in [1.807, 2.05) is 47.8 Å². The lowest BCUT2D eigenvalue weighted by atomic mass is 10.1. The van der Waals surface area contributed by atoms with Crippen LogP contribution in [0.15, 0.2) is 72.1 Å². The second-order valence-electron chi connectivity index (χ2n) is 7.51. The highest BCUT2D eigenvalue weighted by Gasteiger charge is 2.11. The maximum absolute atomic E-state index is 6.31. The van der Waals surface area contributed by atoms with E-state index in [1.165, 1.54) is 0 Å². The van der Waals surface area contributed by atoms with Crippen molar-refractivity contribution < 1.29 is 9.47 Å². The normalized spacial score (nSPS) is 10.9. The van der Waals surface area contributed by atoms with Crippen LogP contribution in [-0.2, 0) is 6.54 Å². The number of fused-ring (bicyclic) bond motifs is 1. The zero-order chi connectivity index (χ0) is 23.5. The van der Waals surface area contributed by atoms with Crippen molar-refractivity contribution in [2.24, 2.45) is 0 Å². The largest absolute Gasteiger partial charge is 0.493 e. The molecule has 0 radical (unpaired) electrons. The molecule has 5 rings (SSSR count). The molecule has 0 aliphatic heterocycles. The van der Waals surface area contributed by atoms with Crippen molar-refractivity contribution in [3.05, 3.63) is 82.8 Å². The van der Waals surface area contributed by atoms with E-state index in [0.717, 1.165) is 38.4 Å². The molecule has 0 saturated carbocycles. The number of para-hydroxylation sites is 2. The molecule has 0 spiro atoms. The van der Waals surface area contributed by atoms with E-state index in [0.29, 0.717) is 29.0 Å². The molecule has 170 valence electrons. The Morgan fingerprint density at radius 2 is 1.53 bits per heavy atom. The number of benzene rings is 3. The molecule has 0 unspecified atom stereocenters. The van der Waals surface area contributed by atoms with Crippen molar-refractivity contribution in [2.45, 2.75) is 6.54 Å². The summed E-state index contributed by atoms with van der Waals surface area (Å²) in [7, 11) is 3.26. The lowest BCUT2D eigenvalue weighted by molar-refractivity contribution is 0.355. The van der Waals surface area contributed by atoms with Gasteiger partial charge in [0.15, 0.2) is 22.5 Å². The van der Waals surface area contributed by atoms with Crippen molar-refractivity contribution in [2.75, 3.05) is 19.5 Å². The molecule has 2 heterocycles. The Morgan fingerprint density at radius 3 is 2.26 bits per heavy atom. The third kappa shape index (κ3) is 4.53. The Balaban J connectivity index is 1.30. The van der Waals surface area contributed by atoms with E-state index in [4.69, 9.17) is 26.1 Å². The molecular formula is C26H21ClN4O2S. The number of hydrogen-bond acceptors (Lipinski definition) is 7. The molecule has 0 aliphatic carbocycles. The van der Waals surface area contributed by atoms with Gasteiger partial charge in [-0.15, -0.1) is 11.3 Å². The fourth-order valence-corrected chi connectivity index (χ4v) is 4.61. The maximum Gasteiger partial charge on any atom is 0.172 e. The van der Waals surface area contributed by atoms with Gasteiger partial charge in [-0.1, -0.05) is 48.0 Å². The third-order valence-corrected chi connectivity index (χ3v) is 6.53. The number of ether oxygens (including phenoxy) is 2. The van der Waals surface area contributed by atoms with E-state index < -0.39 is 0 Å². The lowest BCUT2D eigenvalue weighted by Crippen LogP contribution is -2.03. The first-order chi connectivity index (χ1) is 16.6. The van der Waals surface area contributed by atoms with Gasteiger partial charge in [-0.05, 0) is 35.9 Å². The lowest BCUT2D eigenvalue weighted by Gasteiger charge is -2.09. The Bertz CT molecular complexity index is 1450. The molecule has 0 saturated heterocycles. The first-order valence-electron chi connectivity index (χ1n) is 10.6. The summed E-state index contributed by atoms with van der Waals surface area (Å²) in [5.41, 5.74) is 5.62. The summed E-state index contributed by atoms with van der Waals surface area (Å²) in [5.74, 6) is 1.95. The van der Waals surface area contributed by atoms with Crippen LogP contribution in [0.4, 0.5) is 5.82 Å². The molecular weight excluding hydrogens is 468 g/mol. The van der Waals surface area contributed by atoms with Crippen LogP contribution in [0, 0.1) is 0 Å². The van der Waals surface area contributed by atoms with Crippen LogP contribution >= 0.6 is 22.9 Å². The Hall–Kier alpha value is -3.68. The zero-order valence-corrected chi connectivity index (χ0v) is 20.2. The maximum atomic E-state index is 6.31. The number of nitrogens with zero attached hydrogens (tertiary/aromatic N) is 3. The number of halogens is 1. The van der Waals surface area contributed by atoms with Crippen LogP contribution in [-0.4, -0.2) is 29.2 Å². The molecule has 0 atom stereocenters. The zero-order valence-electron chi connectivity index (χ0n) is 18.6. The van der Waals surface area contributed by atoms with Gasteiger partial charge >= 0.3 is 0 Å². The molecule has 0 amide bonds. The second-order valence-corrected chi connectivity index (χ2v) is 8.73. The average Bonchev–Trinajstić information content (AvgIpc) is 3.37. The molecule has 0 fully saturated rings. The molecule has 3 aromatic carbocycles. The summed E-state index contributed by atoms with van der Waals surface area (Å²) in [6, 6.07) is 21.8. The van der Waals surface area contributed by atoms with Crippen LogP contribution < -0.4 is 14.8 Å². The smallest absolute Gasteiger partial charge is 0.172 e. The van der Waals surface area contributed by atoms with Gasteiger partial charge in [0.25, 0.3) is 0 Å². The minimum absolute atomic E-state index is 0.362. The molecule has 2 aromatic heterocycles. The van der Waals surface area contributed by atoms with E-state index >= 15 is 0 Å². The quantitative estimate of drug-likeness (QED) is 0.275. The predicted molar refractivity (Wildman–Crippen MR) is 138 cm³/mol. The van der Waals surface area contributed by atoms with Crippen molar-refractivity contribution in [1.82, 2.24) is 15.0 Å². The summed E-state index contributed by atoms with van der Waals surface area (Å²) in [5, 5.41) is 6.65. The Kier molecular flexibility index (Phi) is 6.29. The minimum atomic E-state index is 0.362. The van der Waals surface area contributed by atoms with Gasteiger partial charge in [0.1, 0.15) is 5.01 Å². The summed E-state index contributed by atoms with van der Waals surface area (Å²) < 4.78 is 10.7. The Morgan fingerprint density at radius 1 is 0.824 bits per heavy atom. The fraction of sp³-hybridized carbons (Fsp3) is 0.115. The molecule has 6 nitrogen and oxygen atoms in total. The number of thiazole rings is 1. The standard InChI is InChI=1S/C26H21ClN4O2S/c1-32-22-12-11-18(13-23(22)33-2)21-15-34-26(31-21)17-9-7-16(8-10-17)14-28-25-24(27)29-19-5-3-4-6-20(19)30-25/h3-13,15H,14H2,1-2H3,(H,28,30). The highest BCUT2D eigenvalue weighted by Crippen LogP contribution is 2.34. The first-order valence-corrected chi connectivity index (χ1v) is 11.8. The molecule has 0 bridgehead atoms. The average molecular weight is 489 g/mol. The second kappa shape index (κ2) is 9.67.